The second-order valence-corrected chi connectivity index (χ2v) is 2.68. The highest BCUT2D eigenvalue weighted by molar-refractivity contribution is 4.60. The van der Waals surface area contributed by atoms with Crippen LogP contribution >= 0.6 is 0 Å². The van der Waals surface area contributed by atoms with Crippen LogP contribution < -0.4 is 27.8 Å². The van der Waals surface area contributed by atoms with Gasteiger partial charge in [-0.05, 0) is 13.0 Å². The molecule has 5 heteroatoms. The Kier molecular flexibility index (Phi) is 8.74. The van der Waals surface area contributed by atoms with Crippen molar-refractivity contribution < 1.29 is 0 Å². The van der Waals surface area contributed by atoms with Gasteiger partial charge in [0, 0.05) is 26.2 Å². The molecule has 0 aliphatic carbocycles. The lowest BCUT2D eigenvalue weighted by molar-refractivity contribution is 0.491. The van der Waals surface area contributed by atoms with Crippen LogP contribution in [0.5, 0.6) is 0 Å². The summed E-state index contributed by atoms with van der Waals surface area (Å²) in [5.74, 6) is 0. The zero-order valence-electron chi connectivity index (χ0n) is 7.55. The van der Waals surface area contributed by atoms with Crippen molar-refractivity contribution in [2.24, 2.45) is 17.2 Å². The van der Waals surface area contributed by atoms with Crippen molar-refractivity contribution in [2.75, 3.05) is 32.7 Å². The molecule has 0 heterocycles. The van der Waals surface area contributed by atoms with Gasteiger partial charge >= 0.3 is 0 Å². The van der Waals surface area contributed by atoms with E-state index in [1.54, 1.807) is 0 Å². The van der Waals surface area contributed by atoms with Gasteiger partial charge < -0.3 is 27.8 Å². The molecule has 0 spiro atoms. The molecule has 0 aliphatic rings. The maximum absolute atomic E-state index is 5.66. The second kappa shape index (κ2) is 8.89. The third kappa shape index (κ3) is 7.90. The van der Waals surface area contributed by atoms with Gasteiger partial charge in [-0.25, -0.2) is 0 Å². The summed E-state index contributed by atoms with van der Waals surface area (Å²) in [6.07, 6.45) is 0.839. The molecule has 5 nitrogen and oxygen atoms in total. The monoisotopic (exact) mass is 175 g/mol. The Morgan fingerprint density at radius 1 is 1.00 bits per heavy atom. The number of rotatable bonds is 8. The Hall–Kier alpha value is -0.200. The largest absolute Gasteiger partial charge is 0.330 e. The molecule has 8 N–H and O–H groups in total. The zero-order chi connectivity index (χ0) is 9.23. The predicted molar refractivity (Wildman–Crippen MR) is 51.6 cm³/mol. The fourth-order valence-electron chi connectivity index (χ4n) is 0.855. The Morgan fingerprint density at radius 3 is 2.33 bits per heavy atom. The summed E-state index contributed by atoms with van der Waals surface area (Å²) in [6.45, 7) is 3.92. The van der Waals surface area contributed by atoms with Gasteiger partial charge in [-0.1, -0.05) is 0 Å². The molecule has 0 aromatic carbocycles. The standard InChI is InChI=1S/C7H21N5/c8-2-1-7(10)12-6-5-11-4-3-9/h7,11-12H,1-6,8-10H2. The second-order valence-electron chi connectivity index (χ2n) is 2.68. The van der Waals surface area contributed by atoms with Crippen molar-refractivity contribution in [3.8, 4) is 0 Å². The molecule has 0 fully saturated rings. The van der Waals surface area contributed by atoms with E-state index < -0.39 is 0 Å². The Morgan fingerprint density at radius 2 is 1.75 bits per heavy atom. The third-order valence-electron chi connectivity index (χ3n) is 1.51. The molecule has 1 unspecified atom stereocenters. The SMILES string of the molecule is NCCNCCNC(N)CCN. The molecule has 0 bridgehead atoms. The first-order chi connectivity index (χ1) is 5.81. The van der Waals surface area contributed by atoms with Gasteiger partial charge in [0.1, 0.15) is 0 Å². The first-order valence-corrected chi connectivity index (χ1v) is 4.41. The Labute approximate surface area is 74.0 Å². The van der Waals surface area contributed by atoms with E-state index in [1.165, 1.54) is 0 Å². The van der Waals surface area contributed by atoms with Crippen LogP contribution in [0.2, 0.25) is 0 Å². The average molecular weight is 175 g/mol. The molecular formula is C7H21N5. The van der Waals surface area contributed by atoms with Crippen molar-refractivity contribution in [1.82, 2.24) is 10.6 Å². The summed E-state index contributed by atoms with van der Waals surface area (Å²) < 4.78 is 0. The highest BCUT2D eigenvalue weighted by Gasteiger charge is 1.97. The molecule has 12 heavy (non-hydrogen) atoms. The van der Waals surface area contributed by atoms with E-state index >= 15 is 0 Å². The highest BCUT2D eigenvalue weighted by atomic mass is 15.0. The van der Waals surface area contributed by atoms with E-state index in [4.69, 9.17) is 17.2 Å². The van der Waals surface area contributed by atoms with Crippen molar-refractivity contribution in [3.63, 3.8) is 0 Å². The van der Waals surface area contributed by atoms with Crippen LogP contribution in [0, 0.1) is 0 Å². The molecule has 0 aliphatic heterocycles. The average Bonchev–Trinajstić information content (AvgIpc) is 2.05. The smallest absolute Gasteiger partial charge is 0.0558 e. The molecule has 74 valence electrons. The van der Waals surface area contributed by atoms with E-state index in [9.17, 15) is 0 Å². The number of nitrogens with one attached hydrogen (secondary N) is 2. The number of hydrogen-bond donors (Lipinski definition) is 5. The van der Waals surface area contributed by atoms with Gasteiger partial charge in [0.25, 0.3) is 0 Å². The minimum atomic E-state index is 0.0228. The van der Waals surface area contributed by atoms with E-state index in [1.807, 2.05) is 0 Å². The first-order valence-electron chi connectivity index (χ1n) is 4.41. The van der Waals surface area contributed by atoms with E-state index in [0.717, 1.165) is 26.1 Å². The topological polar surface area (TPSA) is 102 Å². The lowest BCUT2D eigenvalue weighted by atomic mass is 10.3. The molecule has 0 saturated carbocycles. The van der Waals surface area contributed by atoms with Crippen LogP contribution in [0.4, 0.5) is 0 Å². The van der Waals surface area contributed by atoms with Crippen LogP contribution in [-0.2, 0) is 0 Å². The molecule has 0 saturated heterocycles. The fraction of sp³-hybridized carbons (Fsp3) is 1.00. The van der Waals surface area contributed by atoms with Crippen LogP contribution in [0.15, 0.2) is 0 Å². The van der Waals surface area contributed by atoms with Gasteiger partial charge in [0.15, 0.2) is 0 Å². The summed E-state index contributed by atoms with van der Waals surface area (Å²) in [4.78, 5) is 0. The minimum Gasteiger partial charge on any atom is -0.330 e. The quantitative estimate of drug-likeness (QED) is 0.212. The van der Waals surface area contributed by atoms with Gasteiger partial charge in [-0.15, -0.1) is 0 Å². The van der Waals surface area contributed by atoms with Crippen LogP contribution in [0.1, 0.15) is 6.42 Å². The summed E-state index contributed by atoms with van der Waals surface area (Å²) in [5, 5.41) is 6.30. The highest BCUT2D eigenvalue weighted by Crippen LogP contribution is 1.77. The predicted octanol–water partition coefficient (Wildman–Crippen LogP) is -2.24. The lowest BCUT2D eigenvalue weighted by Gasteiger charge is -2.12. The molecule has 0 radical (unpaired) electrons. The first kappa shape index (κ1) is 11.8. The lowest BCUT2D eigenvalue weighted by Crippen LogP contribution is -2.42. The number of nitrogens with two attached hydrogens (primary N) is 3. The summed E-state index contributed by atoms with van der Waals surface area (Å²) in [7, 11) is 0. The van der Waals surface area contributed by atoms with E-state index in [0.29, 0.717) is 13.1 Å². The molecule has 0 aromatic heterocycles. The maximum Gasteiger partial charge on any atom is 0.0558 e. The van der Waals surface area contributed by atoms with Crippen LogP contribution in [0.25, 0.3) is 0 Å². The molecular weight excluding hydrogens is 154 g/mol. The van der Waals surface area contributed by atoms with E-state index in [2.05, 4.69) is 10.6 Å². The van der Waals surface area contributed by atoms with Crippen LogP contribution in [0.3, 0.4) is 0 Å². The van der Waals surface area contributed by atoms with Crippen LogP contribution in [-0.4, -0.2) is 38.9 Å². The van der Waals surface area contributed by atoms with Crippen molar-refractivity contribution >= 4 is 0 Å². The maximum atomic E-state index is 5.66. The van der Waals surface area contributed by atoms with Gasteiger partial charge in [0.2, 0.25) is 0 Å². The van der Waals surface area contributed by atoms with Gasteiger partial charge in [0.05, 0.1) is 6.17 Å². The van der Waals surface area contributed by atoms with Crippen molar-refractivity contribution in [1.29, 1.82) is 0 Å². The fourth-order valence-corrected chi connectivity index (χ4v) is 0.855. The molecule has 0 amide bonds. The normalized spacial score (nSPS) is 13.2. The molecule has 0 aromatic rings. The Balaban J connectivity index is 2.97. The zero-order valence-corrected chi connectivity index (χ0v) is 7.55. The Bertz CT molecular complexity index is 87.9. The molecule has 0 rings (SSSR count). The van der Waals surface area contributed by atoms with Gasteiger partial charge in [-0.3, -0.25) is 0 Å². The molecule has 1 atom stereocenters. The number of hydrogen-bond acceptors (Lipinski definition) is 5. The summed E-state index contributed by atoms with van der Waals surface area (Å²) >= 11 is 0. The van der Waals surface area contributed by atoms with Crippen molar-refractivity contribution in [2.45, 2.75) is 12.6 Å². The summed E-state index contributed by atoms with van der Waals surface area (Å²) in [6, 6.07) is 0. The third-order valence-corrected chi connectivity index (χ3v) is 1.51. The van der Waals surface area contributed by atoms with E-state index in [-0.39, 0.29) is 6.17 Å². The minimum absolute atomic E-state index is 0.0228. The van der Waals surface area contributed by atoms with Gasteiger partial charge in [-0.2, -0.15) is 0 Å². The summed E-state index contributed by atoms with van der Waals surface area (Å²) in [5.41, 5.74) is 16.3. The van der Waals surface area contributed by atoms with Crippen molar-refractivity contribution in [3.05, 3.63) is 0 Å².